The van der Waals surface area contributed by atoms with E-state index in [4.69, 9.17) is 37.0 Å². The molecule has 596 valence electrons. The minimum absolute atomic E-state index is 0.0136. The maximum absolute atomic E-state index is 13.1. The van der Waals surface area contributed by atoms with Crippen LogP contribution in [0.2, 0.25) is 0 Å². The Kier molecular flexibility index (Phi) is 72.9. The van der Waals surface area contributed by atoms with Gasteiger partial charge in [-0.15, -0.1) is 0 Å². The Morgan fingerprint density at radius 1 is 0.279 bits per heavy atom. The van der Waals surface area contributed by atoms with Gasteiger partial charge in [-0.05, 0) is 154 Å². The van der Waals surface area contributed by atoms with Crippen molar-refractivity contribution in [1.82, 2.24) is 0 Å². The van der Waals surface area contributed by atoms with Gasteiger partial charge >= 0.3 is 39.5 Å². The van der Waals surface area contributed by atoms with E-state index in [-0.39, 0.29) is 25.7 Å². The first-order valence-electron chi connectivity index (χ1n) is 40.4. The molecule has 19 heteroatoms. The fraction of sp³-hybridized carbons (Fsp3) is 0.694. The summed E-state index contributed by atoms with van der Waals surface area (Å²) in [5, 5.41) is 10.6. The van der Waals surface area contributed by atoms with Crippen LogP contribution in [-0.2, 0) is 65.4 Å². The van der Waals surface area contributed by atoms with Gasteiger partial charge < -0.3 is 33.8 Å². The molecule has 17 nitrogen and oxygen atoms in total. The van der Waals surface area contributed by atoms with E-state index >= 15 is 0 Å². The van der Waals surface area contributed by atoms with Crippen molar-refractivity contribution in [2.24, 2.45) is 0 Å². The summed E-state index contributed by atoms with van der Waals surface area (Å²) in [6.45, 7) is 4.65. The smallest absolute Gasteiger partial charge is 0.462 e. The molecule has 0 aromatic rings. The number of ether oxygens (including phenoxy) is 4. The number of esters is 4. The van der Waals surface area contributed by atoms with Gasteiger partial charge in [-0.2, -0.15) is 0 Å². The van der Waals surface area contributed by atoms with Gasteiger partial charge in [-0.1, -0.05) is 277 Å². The SMILES string of the molecule is CCCCC/C=C\C/C=C\C/C=C\C/C=C\CCCC(=O)OC[C@H](COP(=O)(O)OC[C@H](O)COP(=O)(O)OC[C@@H](COC(=O)CCCCCCC/C=C\CCCCCCCC)OC(=O)CCC/C=C\C/C=C\C/C=C\C/C=C\CCCCC)OC(=O)CCCCCCC/C=C\C=C/CCCCCC. The van der Waals surface area contributed by atoms with E-state index in [1.807, 2.05) is 24.3 Å². The molecule has 0 saturated carbocycles. The zero-order chi connectivity index (χ0) is 76.0. The average Bonchev–Trinajstić information content (AvgIpc) is 0.909. The Balaban J connectivity index is 5.49. The number of hydrogen-bond acceptors (Lipinski definition) is 15. The van der Waals surface area contributed by atoms with Gasteiger partial charge in [-0.3, -0.25) is 37.3 Å². The standard InChI is InChI=1S/C85H144O17P2/c1-5-9-13-17-21-25-29-33-37-39-43-46-50-54-58-62-66-70-83(88)96-76-80(101-84(89)71-67-63-59-55-51-47-42-36-32-28-24-20-16-12-8-4)77-99-103(91,92)97-73-79(86)74-98-104(93,94)100-78-81(75-95-82(87)69-65-61-57-53-49-45-41-35-31-27-23-19-15-11-7-3)102-85(90)72-68-64-60-56-52-48-44-40-38-34-30-26-22-18-14-10-6-2/h21-22,25-26,28,32-38,41-44,46,48,54,56,58,60,79-81,86H,5-20,23-24,27,29-31,39-40,45,47,49-53,55,57,59,61-78H2,1-4H3,(H,91,92)(H,93,94)/b25-21-,26-22-,32-28-,37-33-,38-34-,41-35-,42-36-,46-43-,48-44-,58-54-,60-56-/t79-,80+,81+/m0/s1. The lowest BCUT2D eigenvalue weighted by Crippen LogP contribution is -2.30. The number of allylic oxidation sites excluding steroid dienone is 22. The van der Waals surface area contributed by atoms with E-state index in [1.54, 1.807) is 0 Å². The highest BCUT2D eigenvalue weighted by molar-refractivity contribution is 7.47. The second-order valence-electron chi connectivity index (χ2n) is 26.7. The van der Waals surface area contributed by atoms with Crippen molar-refractivity contribution in [2.75, 3.05) is 39.6 Å². The van der Waals surface area contributed by atoms with Crippen molar-refractivity contribution >= 4 is 39.5 Å². The van der Waals surface area contributed by atoms with Gasteiger partial charge in [0.2, 0.25) is 0 Å². The molecule has 5 atom stereocenters. The fourth-order valence-corrected chi connectivity index (χ4v) is 11.9. The van der Waals surface area contributed by atoms with Gasteiger partial charge in [0.05, 0.1) is 26.4 Å². The van der Waals surface area contributed by atoms with Crippen LogP contribution in [0.15, 0.2) is 134 Å². The lowest BCUT2D eigenvalue weighted by Gasteiger charge is -2.21. The molecule has 0 spiro atoms. The van der Waals surface area contributed by atoms with E-state index in [1.165, 1.54) is 103 Å². The fourth-order valence-electron chi connectivity index (χ4n) is 10.4. The van der Waals surface area contributed by atoms with Crippen LogP contribution < -0.4 is 0 Å². The highest BCUT2D eigenvalue weighted by Crippen LogP contribution is 2.45. The first kappa shape index (κ1) is 99.2. The molecule has 0 aliphatic carbocycles. The Morgan fingerprint density at radius 3 is 0.865 bits per heavy atom. The van der Waals surface area contributed by atoms with Gasteiger partial charge in [0, 0.05) is 25.7 Å². The zero-order valence-electron chi connectivity index (χ0n) is 65.2. The number of hydrogen-bond donors (Lipinski definition) is 3. The molecule has 0 radical (unpaired) electrons. The largest absolute Gasteiger partial charge is 0.472 e. The number of rotatable bonds is 75. The van der Waals surface area contributed by atoms with Crippen molar-refractivity contribution in [1.29, 1.82) is 0 Å². The third-order valence-electron chi connectivity index (χ3n) is 16.6. The summed E-state index contributed by atoms with van der Waals surface area (Å²) in [4.78, 5) is 73.0. The summed E-state index contributed by atoms with van der Waals surface area (Å²) in [6.07, 6.45) is 85.8. The van der Waals surface area contributed by atoms with Crippen molar-refractivity contribution < 1.29 is 80.2 Å². The number of aliphatic hydroxyl groups is 1. The van der Waals surface area contributed by atoms with Crippen molar-refractivity contribution in [3.8, 4) is 0 Å². The topological polar surface area (TPSA) is 237 Å². The molecular weight excluding hydrogens is 1350 g/mol. The van der Waals surface area contributed by atoms with Crippen LogP contribution in [0.1, 0.15) is 323 Å². The second kappa shape index (κ2) is 76.4. The molecule has 0 fully saturated rings. The van der Waals surface area contributed by atoms with Crippen LogP contribution >= 0.6 is 15.6 Å². The van der Waals surface area contributed by atoms with Gasteiger partial charge in [0.15, 0.2) is 12.2 Å². The summed E-state index contributed by atoms with van der Waals surface area (Å²) < 4.78 is 68.5. The second-order valence-corrected chi connectivity index (χ2v) is 29.6. The summed E-state index contributed by atoms with van der Waals surface area (Å²) >= 11 is 0. The van der Waals surface area contributed by atoms with Crippen LogP contribution in [0.5, 0.6) is 0 Å². The quantitative estimate of drug-likeness (QED) is 0.0128. The molecule has 0 heterocycles. The normalized spacial score (nSPS) is 14.6. The van der Waals surface area contributed by atoms with E-state index < -0.39 is 97.5 Å². The molecule has 0 rings (SSSR count). The van der Waals surface area contributed by atoms with Crippen LogP contribution in [0.3, 0.4) is 0 Å². The van der Waals surface area contributed by atoms with Crippen molar-refractivity contribution in [2.45, 2.75) is 341 Å². The molecule has 0 aromatic carbocycles. The molecule has 0 amide bonds. The lowest BCUT2D eigenvalue weighted by molar-refractivity contribution is -0.161. The molecule has 0 saturated heterocycles. The van der Waals surface area contributed by atoms with E-state index in [9.17, 15) is 43.2 Å². The maximum Gasteiger partial charge on any atom is 0.472 e. The average molecular weight is 1500 g/mol. The Labute approximate surface area is 631 Å². The minimum Gasteiger partial charge on any atom is -0.462 e. The Hall–Kier alpha value is -4.80. The minimum atomic E-state index is -5.00. The summed E-state index contributed by atoms with van der Waals surface area (Å²) in [6, 6.07) is 0. The van der Waals surface area contributed by atoms with Crippen molar-refractivity contribution in [3.05, 3.63) is 134 Å². The predicted molar refractivity (Wildman–Crippen MR) is 427 cm³/mol. The Bertz CT molecular complexity index is 2490. The highest BCUT2D eigenvalue weighted by atomic mass is 31.2. The number of carbonyl (C=O) groups excluding carboxylic acids is 4. The van der Waals surface area contributed by atoms with E-state index in [2.05, 4.69) is 137 Å². The van der Waals surface area contributed by atoms with Crippen molar-refractivity contribution in [3.63, 3.8) is 0 Å². The molecule has 0 bridgehead atoms. The van der Waals surface area contributed by atoms with Gasteiger partial charge in [0.25, 0.3) is 0 Å². The summed E-state index contributed by atoms with van der Waals surface area (Å²) in [5.41, 5.74) is 0. The summed E-state index contributed by atoms with van der Waals surface area (Å²) in [7, 11) is -10.0. The summed E-state index contributed by atoms with van der Waals surface area (Å²) in [5.74, 6) is -2.33. The number of carbonyl (C=O) groups is 4. The maximum atomic E-state index is 13.1. The van der Waals surface area contributed by atoms with Gasteiger partial charge in [0.1, 0.15) is 19.3 Å². The number of phosphoric ester groups is 2. The first-order chi connectivity index (χ1) is 50.7. The first-order valence-corrected chi connectivity index (χ1v) is 43.4. The third kappa shape index (κ3) is 75.4. The Morgan fingerprint density at radius 2 is 0.510 bits per heavy atom. The number of aliphatic hydroxyl groups excluding tert-OH is 1. The van der Waals surface area contributed by atoms with E-state index in [0.717, 1.165) is 128 Å². The van der Waals surface area contributed by atoms with Crippen LogP contribution in [-0.4, -0.2) is 96.7 Å². The van der Waals surface area contributed by atoms with Crippen LogP contribution in [0.4, 0.5) is 0 Å². The number of unbranched alkanes of at least 4 members (excludes halogenated alkanes) is 28. The third-order valence-corrected chi connectivity index (χ3v) is 18.5. The molecule has 0 aromatic heterocycles. The number of phosphoric acid groups is 2. The van der Waals surface area contributed by atoms with Crippen LogP contribution in [0.25, 0.3) is 0 Å². The van der Waals surface area contributed by atoms with E-state index in [0.29, 0.717) is 38.5 Å². The molecule has 2 unspecified atom stereocenters. The molecule has 0 aliphatic heterocycles. The highest BCUT2D eigenvalue weighted by Gasteiger charge is 2.30. The monoisotopic (exact) mass is 1500 g/mol. The molecule has 104 heavy (non-hydrogen) atoms. The zero-order valence-corrected chi connectivity index (χ0v) is 66.9. The molecular formula is C85H144O17P2. The van der Waals surface area contributed by atoms with Crippen LogP contribution in [0, 0.1) is 0 Å². The lowest BCUT2D eigenvalue weighted by atomic mass is 10.1. The molecule has 3 N–H and O–H groups in total. The van der Waals surface area contributed by atoms with Gasteiger partial charge in [-0.25, -0.2) is 9.13 Å². The predicted octanol–water partition coefficient (Wildman–Crippen LogP) is 23.7. The molecule has 0 aliphatic rings.